The molecule has 0 radical (unpaired) electrons. The molecule has 0 amide bonds. The van der Waals surface area contributed by atoms with E-state index in [2.05, 4.69) is 4.98 Å². The third kappa shape index (κ3) is 1.89. The van der Waals surface area contributed by atoms with E-state index in [0.717, 1.165) is 11.3 Å². The zero-order valence-electron chi connectivity index (χ0n) is 9.20. The number of pyridine rings is 1. The van der Waals surface area contributed by atoms with Gasteiger partial charge in [-0.05, 0) is 19.1 Å². The molecule has 0 N–H and O–H groups in total. The Kier molecular flexibility index (Phi) is 2.86. The van der Waals surface area contributed by atoms with Gasteiger partial charge in [-0.25, -0.2) is 9.37 Å². The predicted molar refractivity (Wildman–Crippen MR) is 60.9 cm³/mol. The molecular formula is C13H12FNO. The molecule has 0 spiro atoms. The van der Waals surface area contributed by atoms with E-state index < -0.39 is 0 Å². The van der Waals surface area contributed by atoms with Gasteiger partial charge in [-0.1, -0.05) is 18.2 Å². The number of methoxy groups -OCH3 is 1. The number of nitrogens with zero attached hydrogens (tertiary/aromatic N) is 1. The number of halogens is 1. The zero-order valence-corrected chi connectivity index (χ0v) is 9.20. The first-order chi connectivity index (χ1) is 7.72. The van der Waals surface area contributed by atoms with Gasteiger partial charge in [-0.2, -0.15) is 0 Å². The monoisotopic (exact) mass is 217 g/mol. The molecule has 0 unspecified atom stereocenters. The molecule has 2 aromatic rings. The summed E-state index contributed by atoms with van der Waals surface area (Å²) in [6.45, 7) is 1.84. The number of ether oxygens (including phenoxy) is 1. The SMILES string of the molecule is COc1ccc(-c2ccccc2F)c(C)n1. The first-order valence-corrected chi connectivity index (χ1v) is 4.99. The van der Waals surface area contributed by atoms with Gasteiger partial charge in [0, 0.05) is 22.9 Å². The van der Waals surface area contributed by atoms with E-state index in [1.807, 2.05) is 19.1 Å². The molecule has 0 saturated heterocycles. The van der Waals surface area contributed by atoms with Crippen molar-refractivity contribution >= 4 is 0 Å². The number of hydrogen-bond acceptors (Lipinski definition) is 2. The van der Waals surface area contributed by atoms with E-state index in [1.54, 1.807) is 25.3 Å². The third-order valence-corrected chi connectivity index (χ3v) is 2.43. The molecule has 0 fully saturated rings. The van der Waals surface area contributed by atoms with Crippen LogP contribution >= 0.6 is 0 Å². The van der Waals surface area contributed by atoms with Gasteiger partial charge in [-0.3, -0.25) is 0 Å². The molecule has 0 aliphatic carbocycles. The predicted octanol–water partition coefficient (Wildman–Crippen LogP) is 3.20. The molecule has 0 atom stereocenters. The molecule has 1 aromatic heterocycles. The Labute approximate surface area is 93.7 Å². The Hall–Kier alpha value is -1.90. The van der Waals surface area contributed by atoms with Gasteiger partial charge in [0.25, 0.3) is 0 Å². The molecule has 1 heterocycles. The van der Waals surface area contributed by atoms with Crippen molar-refractivity contribution in [3.05, 3.63) is 47.9 Å². The lowest BCUT2D eigenvalue weighted by atomic mass is 10.0. The molecule has 3 heteroatoms. The van der Waals surface area contributed by atoms with Gasteiger partial charge in [0.2, 0.25) is 5.88 Å². The van der Waals surface area contributed by atoms with Crippen molar-refractivity contribution < 1.29 is 9.13 Å². The molecule has 82 valence electrons. The highest BCUT2D eigenvalue weighted by molar-refractivity contribution is 5.66. The fourth-order valence-electron chi connectivity index (χ4n) is 1.62. The number of hydrogen-bond donors (Lipinski definition) is 0. The summed E-state index contributed by atoms with van der Waals surface area (Å²) in [6.07, 6.45) is 0. The summed E-state index contributed by atoms with van der Waals surface area (Å²) in [5.41, 5.74) is 2.11. The Morgan fingerprint density at radius 2 is 1.81 bits per heavy atom. The molecule has 16 heavy (non-hydrogen) atoms. The lowest BCUT2D eigenvalue weighted by Gasteiger charge is -2.07. The summed E-state index contributed by atoms with van der Waals surface area (Å²) in [5.74, 6) is 0.301. The van der Waals surface area contributed by atoms with Crippen molar-refractivity contribution in [2.75, 3.05) is 7.11 Å². The summed E-state index contributed by atoms with van der Waals surface area (Å²) in [7, 11) is 1.56. The van der Waals surface area contributed by atoms with E-state index >= 15 is 0 Å². The van der Waals surface area contributed by atoms with Crippen LogP contribution in [0.15, 0.2) is 36.4 Å². The zero-order chi connectivity index (χ0) is 11.5. The van der Waals surface area contributed by atoms with Crippen LogP contribution in [0.5, 0.6) is 5.88 Å². The van der Waals surface area contributed by atoms with E-state index in [-0.39, 0.29) is 5.82 Å². The second-order valence-corrected chi connectivity index (χ2v) is 3.47. The smallest absolute Gasteiger partial charge is 0.213 e. The van der Waals surface area contributed by atoms with Crippen molar-refractivity contribution in [1.29, 1.82) is 0 Å². The third-order valence-electron chi connectivity index (χ3n) is 2.43. The van der Waals surface area contributed by atoms with Gasteiger partial charge in [0.15, 0.2) is 0 Å². The normalized spacial score (nSPS) is 10.2. The lowest BCUT2D eigenvalue weighted by molar-refractivity contribution is 0.397. The minimum atomic E-state index is -0.238. The standard InChI is InChI=1S/C13H12FNO/c1-9-10(7-8-13(15-9)16-2)11-5-3-4-6-12(11)14/h3-8H,1-2H3. The molecule has 0 bridgehead atoms. The summed E-state index contributed by atoms with van der Waals surface area (Å²) >= 11 is 0. The molecule has 1 aromatic carbocycles. The number of benzene rings is 1. The fraction of sp³-hybridized carbons (Fsp3) is 0.154. The van der Waals surface area contributed by atoms with Crippen LogP contribution in [0.2, 0.25) is 0 Å². The maximum absolute atomic E-state index is 13.6. The van der Waals surface area contributed by atoms with Crippen molar-refractivity contribution in [3.8, 4) is 17.0 Å². The average Bonchev–Trinajstić information content (AvgIpc) is 2.30. The highest BCUT2D eigenvalue weighted by atomic mass is 19.1. The molecule has 0 aliphatic heterocycles. The first kappa shape index (κ1) is 10.6. The average molecular weight is 217 g/mol. The largest absolute Gasteiger partial charge is 0.481 e. The van der Waals surface area contributed by atoms with Gasteiger partial charge >= 0.3 is 0 Å². The van der Waals surface area contributed by atoms with Gasteiger partial charge < -0.3 is 4.74 Å². The second kappa shape index (κ2) is 4.31. The van der Waals surface area contributed by atoms with Crippen LogP contribution in [-0.4, -0.2) is 12.1 Å². The van der Waals surface area contributed by atoms with Gasteiger partial charge in [0.1, 0.15) is 5.82 Å². The van der Waals surface area contributed by atoms with Crippen molar-refractivity contribution in [1.82, 2.24) is 4.98 Å². The van der Waals surface area contributed by atoms with Crippen LogP contribution < -0.4 is 4.74 Å². The first-order valence-electron chi connectivity index (χ1n) is 4.99. The van der Waals surface area contributed by atoms with Crippen molar-refractivity contribution in [3.63, 3.8) is 0 Å². The molecule has 0 aliphatic rings. The summed E-state index contributed by atoms with van der Waals surface area (Å²) in [6, 6.07) is 10.2. The van der Waals surface area contributed by atoms with Gasteiger partial charge in [-0.15, -0.1) is 0 Å². The van der Waals surface area contributed by atoms with Crippen LogP contribution in [0.1, 0.15) is 5.69 Å². The van der Waals surface area contributed by atoms with Crippen LogP contribution in [0.4, 0.5) is 4.39 Å². The molecule has 2 nitrogen and oxygen atoms in total. The molecule has 2 rings (SSSR count). The van der Waals surface area contributed by atoms with Gasteiger partial charge in [0.05, 0.1) is 7.11 Å². The summed E-state index contributed by atoms with van der Waals surface area (Å²) < 4.78 is 18.6. The van der Waals surface area contributed by atoms with E-state index in [9.17, 15) is 4.39 Å². The number of aryl methyl sites for hydroxylation is 1. The molecule has 0 saturated carbocycles. The summed E-state index contributed by atoms with van der Waals surface area (Å²) in [5, 5.41) is 0. The quantitative estimate of drug-likeness (QED) is 0.770. The highest BCUT2D eigenvalue weighted by Gasteiger charge is 2.08. The highest BCUT2D eigenvalue weighted by Crippen LogP contribution is 2.26. The lowest BCUT2D eigenvalue weighted by Crippen LogP contribution is -1.93. The maximum Gasteiger partial charge on any atom is 0.213 e. The summed E-state index contributed by atoms with van der Waals surface area (Å²) in [4.78, 5) is 4.22. The Morgan fingerprint density at radius 1 is 1.06 bits per heavy atom. The fourth-order valence-corrected chi connectivity index (χ4v) is 1.62. The van der Waals surface area contributed by atoms with Crippen molar-refractivity contribution in [2.45, 2.75) is 6.92 Å². The minimum absolute atomic E-state index is 0.238. The van der Waals surface area contributed by atoms with Crippen LogP contribution in [0, 0.1) is 12.7 Å². The second-order valence-electron chi connectivity index (χ2n) is 3.47. The maximum atomic E-state index is 13.6. The van der Waals surface area contributed by atoms with Crippen molar-refractivity contribution in [2.24, 2.45) is 0 Å². The Morgan fingerprint density at radius 3 is 2.44 bits per heavy atom. The number of aromatic nitrogens is 1. The topological polar surface area (TPSA) is 22.1 Å². The van der Waals surface area contributed by atoms with E-state index in [1.165, 1.54) is 6.07 Å². The van der Waals surface area contributed by atoms with E-state index in [4.69, 9.17) is 4.74 Å². The van der Waals surface area contributed by atoms with Crippen LogP contribution in [0.25, 0.3) is 11.1 Å². The van der Waals surface area contributed by atoms with Crippen LogP contribution in [-0.2, 0) is 0 Å². The van der Waals surface area contributed by atoms with E-state index in [0.29, 0.717) is 11.4 Å². The Bertz CT molecular complexity index is 511. The Balaban J connectivity index is 2.53. The molecular weight excluding hydrogens is 205 g/mol. The minimum Gasteiger partial charge on any atom is -0.481 e. The van der Waals surface area contributed by atoms with Crippen LogP contribution in [0.3, 0.4) is 0 Å². The number of rotatable bonds is 2.